The molecular weight excluding hydrogens is 330 g/mol. The molecule has 0 aliphatic heterocycles. The third-order valence-electron chi connectivity index (χ3n) is 9.82. The Morgan fingerprint density at radius 2 is 1.67 bits per heavy atom. The number of amides is 1. The van der Waals surface area contributed by atoms with Gasteiger partial charge in [-0.15, -0.1) is 0 Å². The highest BCUT2D eigenvalue weighted by molar-refractivity contribution is 5.83. The summed E-state index contributed by atoms with van der Waals surface area (Å²) in [6.45, 7) is 9.76. The van der Waals surface area contributed by atoms with E-state index in [1.807, 2.05) is 0 Å². The zero-order chi connectivity index (χ0) is 19.2. The van der Waals surface area contributed by atoms with Crippen LogP contribution in [0.2, 0.25) is 0 Å². The first-order valence-electron chi connectivity index (χ1n) is 12.2. The second-order valence-corrected chi connectivity index (χ2v) is 11.5. The second-order valence-electron chi connectivity index (χ2n) is 11.5. The van der Waals surface area contributed by atoms with Gasteiger partial charge in [-0.25, -0.2) is 0 Å². The summed E-state index contributed by atoms with van der Waals surface area (Å²) in [6.07, 6.45) is 15.7. The molecule has 4 aliphatic rings. The van der Waals surface area contributed by atoms with Crippen LogP contribution in [0.4, 0.5) is 0 Å². The lowest BCUT2D eigenvalue weighted by molar-refractivity contribution is -0.157. The Labute approximate surface area is 167 Å². The van der Waals surface area contributed by atoms with Gasteiger partial charge in [0.05, 0.1) is 0 Å². The average molecular weight is 374 g/mol. The van der Waals surface area contributed by atoms with Crippen molar-refractivity contribution in [3.8, 4) is 0 Å². The zero-order valence-electron chi connectivity index (χ0n) is 18.4. The predicted octanol–water partition coefficient (Wildman–Crippen LogP) is 6.34. The van der Waals surface area contributed by atoms with Gasteiger partial charge in [-0.05, 0) is 92.8 Å². The SMILES string of the molecule is CC(C)C1CC[C@H]2C(CCC3[C@](C)(C(=O)NC4CCCC4)CCC[C@@]32C)C1. The molecule has 1 amide bonds. The molecule has 1 N–H and O–H groups in total. The summed E-state index contributed by atoms with van der Waals surface area (Å²) < 4.78 is 0. The van der Waals surface area contributed by atoms with Gasteiger partial charge in [0.25, 0.3) is 0 Å². The van der Waals surface area contributed by atoms with E-state index in [1.165, 1.54) is 70.6 Å². The molecule has 0 bridgehead atoms. The molecule has 0 heterocycles. The lowest BCUT2D eigenvalue weighted by Crippen LogP contribution is -2.58. The molecule has 6 atom stereocenters. The highest BCUT2D eigenvalue weighted by atomic mass is 16.2. The van der Waals surface area contributed by atoms with Crippen LogP contribution in [0, 0.1) is 40.4 Å². The molecule has 0 saturated heterocycles. The van der Waals surface area contributed by atoms with Crippen molar-refractivity contribution in [2.45, 2.75) is 111 Å². The number of rotatable bonds is 3. The van der Waals surface area contributed by atoms with Crippen LogP contribution in [-0.2, 0) is 4.79 Å². The molecule has 27 heavy (non-hydrogen) atoms. The molecular formula is C25H43NO. The Morgan fingerprint density at radius 1 is 0.926 bits per heavy atom. The van der Waals surface area contributed by atoms with Gasteiger partial charge < -0.3 is 5.32 Å². The summed E-state index contributed by atoms with van der Waals surface area (Å²) in [5, 5.41) is 3.49. The van der Waals surface area contributed by atoms with Gasteiger partial charge in [0.15, 0.2) is 0 Å². The minimum atomic E-state index is -0.130. The average Bonchev–Trinajstić information content (AvgIpc) is 3.14. The van der Waals surface area contributed by atoms with Crippen molar-refractivity contribution >= 4 is 5.91 Å². The van der Waals surface area contributed by atoms with Crippen molar-refractivity contribution in [3.63, 3.8) is 0 Å². The van der Waals surface area contributed by atoms with Gasteiger partial charge in [-0.2, -0.15) is 0 Å². The van der Waals surface area contributed by atoms with E-state index in [-0.39, 0.29) is 5.41 Å². The monoisotopic (exact) mass is 373 g/mol. The van der Waals surface area contributed by atoms with Gasteiger partial charge in [-0.3, -0.25) is 4.79 Å². The molecule has 0 aromatic carbocycles. The van der Waals surface area contributed by atoms with Gasteiger partial charge in [0.2, 0.25) is 5.91 Å². The quantitative estimate of drug-likeness (QED) is 0.614. The van der Waals surface area contributed by atoms with Crippen LogP contribution in [0.5, 0.6) is 0 Å². The highest BCUT2D eigenvalue weighted by Gasteiger charge is 2.59. The third-order valence-corrected chi connectivity index (χ3v) is 9.82. The van der Waals surface area contributed by atoms with Crippen LogP contribution in [0.25, 0.3) is 0 Å². The van der Waals surface area contributed by atoms with E-state index in [2.05, 4.69) is 33.0 Å². The van der Waals surface area contributed by atoms with Crippen molar-refractivity contribution < 1.29 is 4.79 Å². The fraction of sp³-hybridized carbons (Fsp3) is 0.960. The number of hydrogen-bond donors (Lipinski definition) is 1. The normalized spacial score (nSPS) is 45.4. The number of carbonyl (C=O) groups excluding carboxylic acids is 1. The predicted molar refractivity (Wildman–Crippen MR) is 112 cm³/mol. The fourth-order valence-corrected chi connectivity index (χ4v) is 8.17. The minimum absolute atomic E-state index is 0.130. The molecule has 4 rings (SSSR count). The van der Waals surface area contributed by atoms with Crippen LogP contribution >= 0.6 is 0 Å². The largest absolute Gasteiger partial charge is 0.353 e. The summed E-state index contributed by atoms with van der Waals surface area (Å²) in [7, 11) is 0. The molecule has 2 nitrogen and oxygen atoms in total. The summed E-state index contributed by atoms with van der Waals surface area (Å²) in [5.74, 6) is 4.56. The third kappa shape index (κ3) is 3.38. The maximum Gasteiger partial charge on any atom is 0.226 e. The molecule has 3 unspecified atom stereocenters. The second kappa shape index (κ2) is 7.38. The van der Waals surface area contributed by atoms with E-state index in [0.29, 0.717) is 23.3 Å². The van der Waals surface area contributed by atoms with Gasteiger partial charge in [-0.1, -0.05) is 47.0 Å². The van der Waals surface area contributed by atoms with Crippen molar-refractivity contribution in [2.24, 2.45) is 40.4 Å². The molecule has 0 radical (unpaired) electrons. The maximum absolute atomic E-state index is 13.5. The molecule has 4 saturated carbocycles. The molecule has 4 fully saturated rings. The van der Waals surface area contributed by atoms with E-state index in [9.17, 15) is 4.79 Å². The van der Waals surface area contributed by atoms with E-state index in [0.717, 1.165) is 30.1 Å². The highest BCUT2D eigenvalue weighted by Crippen LogP contribution is 2.64. The first kappa shape index (κ1) is 19.8. The number of nitrogens with one attached hydrogen (secondary N) is 1. The number of hydrogen-bond acceptors (Lipinski definition) is 1. The molecule has 0 aromatic heterocycles. The molecule has 154 valence electrons. The summed E-state index contributed by atoms with van der Waals surface area (Å²) in [5.41, 5.74) is 0.264. The Balaban J connectivity index is 1.52. The zero-order valence-corrected chi connectivity index (χ0v) is 18.4. The lowest BCUT2D eigenvalue weighted by atomic mass is 9.43. The topological polar surface area (TPSA) is 29.1 Å². The van der Waals surface area contributed by atoms with Gasteiger partial charge >= 0.3 is 0 Å². The van der Waals surface area contributed by atoms with Crippen LogP contribution in [0.1, 0.15) is 105 Å². The van der Waals surface area contributed by atoms with Crippen LogP contribution in [-0.4, -0.2) is 11.9 Å². The van der Waals surface area contributed by atoms with Crippen molar-refractivity contribution in [1.82, 2.24) is 5.32 Å². The van der Waals surface area contributed by atoms with Crippen LogP contribution in [0.3, 0.4) is 0 Å². The van der Waals surface area contributed by atoms with E-state index < -0.39 is 0 Å². The number of carbonyl (C=O) groups is 1. The summed E-state index contributed by atoms with van der Waals surface area (Å²) in [4.78, 5) is 13.5. The van der Waals surface area contributed by atoms with Crippen molar-refractivity contribution in [1.29, 1.82) is 0 Å². The first-order valence-corrected chi connectivity index (χ1v) is 12.2. The Morgan fingerprint density at radius 3 is 2.37 bits per heavy atom. The molecule has 0 aromatic rings. The first-order chi connectivity index (χ1) is 12.8. The fourth-order valence-electron chi connectivity index (χ4n) is 8.17. The van der Waals surface area contributed by atoms with Gasteiger partial charge in [0, 0.05) is 11.5 Å². The minimum Gasteiger partial charge on any atom is -0.353 e. The van der Waals surface area contributed by atoms with Crippen LogP contribution < -0.4 is 5.32 Å². The van der Waals surface area contributed by atoms with Gasteiger partial charge in [0.1, 0.15) is 0 Å². The van der Waals surface area contributed by atoms with Crippen molar-refractivity contribution in [2.75, 3.05) is 0 Å². The van der Waals surface area contributed by atoms with E-state index >= 15 is 0 Å². The van der Waals surface area contributed by atoms with E-state index in [1.54, 1.807) is 0 Å². The molecule has 0 spiro atoms. The van der Waals surface area contributed by atoms with E-state index in [4.69, 9.17) is 0 Å². The molecule has 2 heteroatoms. The Kier molecular flexibility index (Phi) is 5.40. The van der Waals surface area contributed by atoms with Crippen LogP contribution in [0.15, 0.2) is 0 Å². The molecule has 4 aliphatic carbocycles. The Bertz CT molecular complexity index is 551. The Hall–Kier alpha value is -0.530. The van der Waals surface area contributed by atoms with Crippen molar-refractivity contribution in [3.05, 3.63) is 0 Å². The standard InChI is InChI=1S/C25H43NO/c1-17(2)18-10-12-21-19(16-18)11-13-22-24(21,3)14-7-15-25(22,4)23(27)26-20-8-5-6-9-20/h17-22H,5-16H2,1-4H3,(H,26,27)/t18?,19?,21-,22?,24+,25+/m0/s1. The maximum atomic E-state index is 13.5. The number of fused-ring (bicyclic) bond motifs is 3. The summed E-state index contributed by atoms with van der Waals surface area (Å²) in [6, 6.07) is 0.459. The smallest absolute Gasteiger partial charge is 0.226 e. The summed E-state index contributed by atoms with van der Waals surface area (Å²) >= 11 is 0. The lowest BCUT2D eigenvalue weighted by Gasteiger charge is -2.61.